The molecule has 0 spiro atoms. The predicted molar refractivity (Wildman–Crippen MR) is 171 cm³/mol. The molecule has 1 aliphatic heterocycles. The third-order valence-corrected chi connectivity index (χ3v) is 8.76. The van der Waals surface area contributed by atoms with Gasteiger partial charge in [0.2, 0.25) is 5.91 Å². The number of hydrogen-bond acceptors (Lipinski definition) is 7. The molecule has 1 fully saturated rings. The third kappa shape index (κ3) is 6.67. The fourth-order valence-electron chi connectivity index (χ4n) is 6.40. The number of likely N-dealkylation sites (tertiary alicyclic amines) is 1. The molecule has 1 saturated heterocycles. The van der Waals surface area contributed by atoms with Crippen molar-refractivity contribution in [3.05, 3.63) is 83.3 Å². The van der Waals surface area contributed by atoms with Crippen LogP contribution in [0, 0.1) is 12.7 Å². The van der Waals surface area contributed by atoms with E-state index in [1.807, 2.05) is 0 Å². The number of benzene rings is 3. The van der Waals surface area contributed by atoms with E-state index in [9.17, 15) is 37.4 Å². The summed E-state index contributed by atoms with van der Waals surface area (Å²) in [5, 5.41) is 28.9. The Labute approximate surface area is 274 Å². The molecule has 3 atom stereocenters. The van der Waals surface area contributed by atoms with Crippen LogP contribution in [0.4, 0.5) is 23.2 Å². The van der Waals surface area contributed by atoms with Crippen LogP contribution in [0.25, 0.3) is 16.6 Å². The highest BCUT2D eigenvalue weighted by molar-refractivity contribution is 5.98. The molecule has 0 saturated carbocycles. The van der Waals surface area contributed by atoms with Crippen molar-refractivity contribution in [2.75, 3.05) is 25.5 Å². The first-order valence-electron chi connectivity index (χ1n) is 15.2. The number of amides is 2. The molecule has 5 rings (SSSR count). The second kappa shape index (κ2) is 12.7. The summed E-state index contributed by atoms with van der Waals surface area (Å²) >= 11 is 0. The Hall–Kier alpha value is -4.69. The van der Waals surface area contributed by atoms with E-state index in [0.717, 1.165) is 12.1 Å². The fraction of sp³-hybridized carbons (Fsp3) is 0.382. The number of halogens is 4. The SMILES string of the molecule is COc1ccc(F)cc1C(C)(C)CC(O)(CNc1cc(C)cc2c1cnn2-c1cccc(C(=O)N2C[C@H](O)C[C@@H]2C(N)=O)c1)C(F)(F)F. The summed E-state index contributed by atoms with van der Waals surface area (Å²) in [6, 6.07) is 12.5. The molecule has 256 valence electrons. The van der Waals surface area contributed by atoms with E-state index in [0.29, 0.717) is 22.2 Å². The maximum Gasteiger partial charge on any atom is 0.418 e. The van der Waals surface area contributed by atoms with Crippen molar-refractivity contribution in [1.29, 1.82) is 0 Å². The number of anilines is 1. The van der Waals surface area contributed by atoms with Crippen LogP contribution < -0.4 is 15.8 Å². The van der Waals surface area contributed by atoms with Gasteiger partial charge in [-0.3, -0.25) is 9.59 Å². The van der Waals surface area contributed by atoms with Crippen molar-refractivity contribution in [2.24, 2.45) is 5.73 Å². The van der Waals surface area contributed by atoms with Gasteiger partial charge in [0.15, 0.2) is 5.60 Å². The smallest absolute Gasteiger partial charge is 0.418 e. The molecule has 2 amide bonds. The van der Waals surface area contributed by atoms with Gasteiger partial charge in [0, 0.05) is 35.2 Å². The van der Waals surface area contributed by atoms with Crippen molar-refractivity contribution >= 4 is 28.4 Å². The van der Waals surface area contributed by atoms with Gasteiger partial charge in [-0.05, 0) is 72.9 Å². The molecule has 10 nitrogen and oxygen atoms in total. The average Bonchev–Trinajstić information content (AvgIpc) is 3.62. The minimum atomic E-state index is -5.06. The topological polar surface area (TPSA) is 143 Å². The number of hydrogen-bond donors (Lipinski definition) is 4. The number of aliphatic hydroxyl groups is 2. The lowest BCUT2D eigenvalue weighted by molar-refractivity contribution is -0.260. The molecule has 0 aliphatic carbocycles. The number of aryl methyl sites for hydroxylation is 1. The molecule has 48 heavy (non-hydrogen) atoms. The molecular formula is C34H37F4N5O5. The molecule has 4 aromatic rings. The summed E-state index contributed by atoms with van der Waals surface area (Å²) in [7, 11) is 1.33. The Morgan fingerprint density at radius 1 is 1.12 bits per heavy atom. The number of nitrogens with one attached hydrogen (secondary N) is 1. The zero-order valence-corrected chi connectivity index (χ0v) is 26.8. The number of primary amides is 1. The van der Waals surface area contributed by atoms with Crippen LogP contribution in [0.15, 0.2) is 60.8 Å². The Balaban J connectivity index is 1.45. The van der Waals surface area contributed by atoms with Gasteiger partial charge in [-0.2, -0.15) is 18.3 Å². The molecular weight excluding hydrogens is 634 g/mol. The van der Waals surface area contributed by atoms with Crippen molar-refractivity contribution in [2.45, 2.75) is 63.0 Å². The zero-order valence-electron chi connectivity index (χ0n) is 26.8. The van der Waals surface area contributed by atoms with Crippen molar-refractivity contribution in [3.8, 4) is 11.4 Å². The van der Waals surface area contributed by atoms with Crippen LogP contribution in [0.2, 0.25) is 0 Å². The van der Waals surface area contributed by atoms with Crippen LogP contribution in [-0.2, 0) is 10.2 Å². The lowest BCUT2D eigenvalue weighted by Crippen LogP contribution is -2.53. The molecule has 1 aromatic heterocycles. The summed E-state index contributed by atoms with van der Waals surface area (Å²) < 4.78 is 64.6. The number of carbonyl (C=O) groups is 2. The van der Waals surface area contributed by atoms with Gasteiger partial charge >= 0.3 is 6.18 Å². The molecule has 0 radical (unpaired) electrons. The maximum atomic E-state index is 14.6. The largest absolute Gasteiger partial charge is 0.496 e. The molecule has 0 bridgehead atoms. The number of carbonyl (C=O) groups excluding carboxylic acids is 2. The van der Waals surface area contributed by atoms with Crippen LogP contribution in [0.1, 0.15) is 48.2 Å². The molecule has 2 heterocycles. The first-order valence-corrected chi connectivity index (χ1v) is 15.2. The highest BCUT2D eigenvalue weighted by atomic mass is 19.4. The lowest BCUT2D eigenvalue weighted by atomic mass is 9.74. The van der Waals surface area contributed by atoms with Gasteiger partial charge in [-0.25, -0.2) is 9.07 Å². The second-order valence-corrected chi connectivity index (χ2v) is 12.9. The zero-order chi connectivity index (χ0) is 35.2. The van der Waals surface area contributed by atoms with Crippen LogP contribution in [0.3, 0.4) is 0 Å². The van der Waals surface area contributed by atoms with E-state index in [-0.39, 0.29) is 35.5 Å². The lowest BCUT2D eigenvalue weighted by Gasteiger charge is -2.38. The van der Waals surface area contributed by atoms with Crippen molar-refractivity contribution < 1.29 is 42.1 Å². The summed E-state index contributed by atoms with van der Waals surface area (Å²) in [6.07, 6.45) is -5.25. The van der Waals surface area contributed by atoms with Gasteiger partial charge in [0.05, 0.1) is 37.2 Å². The standard InChI is InChI=1S/C34H37F4N5O5/c1-19-10-26(40-18-33(47,34(36,37)38)17-32(2,3)25-13-21(35)8-9-29(25)48-4)24-15-41-43(27(24)11-19)22-7-5-6-20(12-22)31(46)42-16-23(44)14-28(42)30(39)45/h5-13,15,23,28,40,44,47H,14,16-18H2,1-4H3,(H2,39,45)/t23-,28-,33?/m1/s1. The van der Waals surface area contributed by atoms with Crippen molar-refractivity contribution in [1.82, 2.24) is 14.7 Å². The van der Waals surface area contributed by atoms with E-state index in [4.69, 9.17) is 10.5 Å². The van der Waals surface area contributed by atoms with E-state index in [1.165, 1.54) is 42.8 Å². The minimum absolute atomic E-state index is 0.0412. The van der Waals surface area contributed by atoms with Gasteiger partial charge in [-0.1, -0.05) is 19.9 Å². The second-order valence-electron chi connectivity index (χ2n) is 12.9. The van der Waals surface area contributed by atoms with E-state index >= 15 is 0 Å². The number of nitrogens with two attached hydrogens (primary N) is 1. The summed E-state index contributed by atoms with van der Waals surface area (Å²) in [6.45, 7) is 3.74. The van der Waals surface area contributed by atoms with Crippen molar-refractivity contribution in [3.63, 3.8) is 0 Å². The number of β-amino-alcohol motifs (C(OH)–C–C–N with tert-alkyl or cyclic N) is 1. The first kappa shape index (κ1) is 34.6. The molecule has 3 aromatic carbocycles. The van der Waals surface area contributed by atoms with Gasteiger partial charge in [0.25, 0.3) is 5.91 Å². The van der Waals surface area contributed by atoms with Gasteiger partial charge < -0.3 is 30.9 Å². The Bertz CT molecular complexity index is 1860. The number of ether oxygens (including phenoxy) is 1. The van der Waals surface area contributed by atoms with Crippen LogP contribution >= 0.6 is 0 Å². The number of fused-ring (bicyclic) bond motifs is 1. The Morgan fingerprint density at radius 2 is 1.85 bits per heavy atom. The van der Waals surface area contributed by atoms with Crippen LogP contribution in [0.5, 0.6) is 5.75 Å². The maximum absolute atomic E-state index is 14.6. The predicted octanol–water partition coefficient (Wildman–Crippen LogP) is 4.62. The monoisotopic (exact) mass is 671 g/mol. The van der Waals surface area contributed by atoms with Gasteiger partial charge in [0.1, 0.15) is 17.6 Å². The average molecular weight is 672 g/mol. The number of aromatic nitrogens is 2. The summed E-state index contributed by atoms with van der Waals surface area (Å²) in [5.74, 6) is -1.67. The summed E-state index contributed by atoms with van der Waals surface area (Å²) in [5.41, 5.74) is 3.17. The summed E-state index contributed by atoms with van der Waals surface area (Å²) in [4.78, 5) is 26.5. The minimum Gasteiger partial charge on any atom is -0.496 e. The van der Waals surface area contributed by atoms with Crippen LogP contribution in [-0.4, -0.2) is 80.8 Å². The quantitative estimate of drug-likeness (QED) is 0.180. The number of alkyl halides is 3. The molecule has 14 heteroatoms. The molecule has 1 unspecified atom stereocenters. The number of rotatable bonds is 10. The highest BCUT2D eigenvalue weighted by Crippen LogP contribution is 2.44. The number of aliphatic hydroxyl groups excluding tert-OH is 1. The number of nitrogens with zero attached hydrogens (tertiary/aromatic N) is 3. The Kier molecular flexibility index (Phi) is 9.19. The van der Waals surface area contributed by atoms with Gasteiger partial charge in [-0.15, -0.1) is 0 Å². The third-order valence-electron chi connectivity index (χ3n) is 8.76. The van der Waals surface area contributed by atoms with E-state index in [1.54, 1.807) is 43.3 Å². The van der Waals surface area contributed by atoms with E-state index < -0.39 is 59.9 Å². The Morgan fingerprint density at radius 3 is 2.52 bits per heavy atom. The molecule has 5 N–H and O–H groups in total. The van der Waals surface area contributed by atoms with E-state index in [2.05, 4.69) is 10.4 Å². The number of methoxy groups -OCH3 is 1. The normalized spacial score (nSPS) is 18.2. The highest BCUT2D eigenvalue weighted by Gasteiger charge is 2.56. The molecule has 1 aliphatic rings. The fourth-order valence-corrected chi connectivity index (χ4v) is 6.40. The first-order chi connectivity index (χ1) is 22.4.